The van der Waals surface area contributed by atoms with Gasteiger partial charge < -0.3 is 9.26 Å². The van der Waals surface area contributed by atoms with E-state index >= 15 is 0 Å². The van der Waals surface area contributed by atoms with Gasteiger partial charge in [0.25, 0.3) is 0 Å². The maximum Gasteiger partial charge on any atom is 0.227 e. The van der Waals surface area contributed by atoms with E-state index in [1.807, 2.05) is 18.2 Å². The van der Waals surface area contributed by atoms with Crippen LogP contribution in [0.5, 0.6) is 5.88 Å². The summed E-state index contributed by atoms with van der Waals surface area (Å²) in [5.74, 6) is 2.13. The molecule has 3 rings (SSSR count). The highest BCUT2D eigenvalue weighted by atomic mass is 16.5. The molecule has 0 spiro atoms. The summed E-state index contributed by atoms with van der Waals surface area (Å²) in [5, 5.41) is 5.10. The van der Waals surface area contributed by atoms with Crippen molar-refractivity contribution in [2.24, 2.45) is 5.92 Å². The maximum absolute atomic E-state index is 5.40. The number of hydrogen-bond donors (Lipinski definition) is 0. The third kappa shape index (κ3) is 2.79. The van der Waals surface area contributed by atoms with Gasteiger partial charge in [-0.25, -0.2) is 4.98 Å². The van der Waals surface area contributed by atoms with Gasteiger partial charge in [0.2, 0.25) is 17.6 Å². The lowest BCUT2D eigenvalue weighted by molar-refractivity contribution is 0.362. The van der Waals surface area contributed by atoms with Gasteiger partial charge >= 0.3 is 0 Å². The van der Waals surface area contributed by atoms with Crippen LogP contribution in [0.15, 0.2) is 28.8 Å². The number of hydrogen-bond acceptors (Lipinski definition) is 5. The second-order valence-corrected chi connectivity index (χ2v) is 5.85. The standard InChI is InChI=1S/C17H19N3O2/c1-10(2)7-15-19-16(20-22-15)13-9-12-8-11(3)5-6-14(12)18-17(13)21-4/h5-6,8-10H,7H2,1-4H3. The molecule has 2 aromatic heterocycles. The highest BCUT2D eigenvalue weighted by molar-refractivity contribution is 5.85. The van der Waals surface area contributed by atoms with E-state index < -0.39 is 0 Å². The average Bonchev–Trinajstić information content (AvgIpc) is 2.93. The zero-order valence-corrected chi connectivity index (χ0v) is 13.3. The topological polar surface area (TPSA) is 61.0 Å². The van der Waals surface area contributed by atoms with Gasteiger partial charge in [-0.15, -0.1) is 0 Å². The van der Waals surface area contributed by atoms with Crippen LogP contribution < -0.4 is 4.74 Å². The van der Waals surface area contributed by atoms with E-state index in [1.165, 1.54) is 5.56 Å². The van der Waals surface area contributed by atoms with E-state index in [4.69, 9.17) is 9.26 Å². The highest BCUT2D eigenvalue weighted by Gasteiger charge is 2.16. The number of nitrogens with zero attached hydrogens (tertiary/aromatic N) is 3. The third-order valence-corrected chi connectivity index (χ3v) is 3.42. The van der Waals surface area contributed by atoms with Crippen LogP contribution in [0.1, 0.15) is 25.3 Å². The number of ether oxygens (including phenoxy) is 1. The van der Waals surface area contributed by atoms with Crippen molar-refractivity contribution >= 4 is 10.9 Å². The molecular formula is C17H19N3O2. The van der Waals surface area contributed by atoms with Crippen molar-refractivity contribution < 1.29 is 9.26 Å². The molecule has 0 aliphatic rings. The number of fused-ring (bicyclic) bond motifs is 1. The molecule has 0 amide bonds. The Labute approximate surface area is 129 Å². The minimum Gasteiger partial charge on any atom is -0.480 e. The maximum atomic E-state index is 5.40. The van der Waals surface area contributed by atoms with Crippen LogP contribution in [-0.2, 0) is 6.42 Å². The smallest absolute Gasteiger partial charge is 0.227 e. The molecule has 114 valence electrons. The molecule has 1 aromatic carbocycles. The molecule has 0 radical (unpaired) electrons. The van der Waals surface area contributed by atoms with Crippen LogP contribution in [0.25, 0.3) is 22.3 Å². The van der Waals surface area contributed by atoms with Crippen LogP contribution in [0.3, 0.4) is 0 Å². The van der Waals surface area contributed by atoms with E-state index in [0.29, 0.717) is 23.5 Å². The molecule has 0 saturated carbocycles. The Balaban J connectivity index is 2.10. The molecule has 0 aliphatic carbocycles. The molecule has 0 saturated heterocycles. The predicted molar refractivity (Wildman–Crippen MR) is 84.9 cm³/mol. The van der Waals surface area contributed by atoms with Crippen molar-refractivity contribution in [2.45, 2.75) is 27.2 Å². The lowest BCUT2D eigenvalue weighted by Crippen LogP contribution is -1.96. The summed E-state index contributed by atoms with van der Waals surface area (Å²) in [5.41, 5.74) is 2.82. The normalized spacial score (nSPS) is 11.3. The Bertz CT molecular complexity index is 809. The fourth-order valence-electron chi connectivity index (χ4n) is 2.39. The zero-order valence-electron chi connectivity index (χ0n) is 13.3. The van der Waals surface area contributed by atoms with E-state index in [0.717, 1.165) is 22.9 Å². The van der Waals surface area contributed by atoms with E-state index in [2.05, 4.69) is 42.0 Å². The van der Waals surface area contributed by atoms with E-state index in [9.17, 15) is 0 Å². The monoisotopic (exact) mass is 297 g/mol. The van der Waals surface area contributed by atoms with E-state index in [-0.39, 0.29) is 0 Å². The molecule has 0 N–H and O–H groups in total. The highest BCUT2D eigenvalue weighted by Crippen LogP contribution is 2.30. The van der Waals surface area contributed by atoms with Crippen molar-refractivity contribution in [3.8, 4) is 17.3 Å². The Morgan fingerprint density at radius 3 is 2.73 bits per heavy atom. The predicted octanol–water partition coefficient (Wildman–Crippen LogP) is 3.80. The lowest BCUT2D eigenvalue weighted by Gasteiger charge is -2.07. The molecule has 0 unspecified atom stereocenters. The summed E-state index contributed by atoms with van der Waals surface area (Å²) in [6, 6.07) is 8.10. The van der Waals surface area contributed by atoms with Gasteiger partial charge in [-0.3, -0.25) is 0 Å². The fourth-order valence-corrected chi connectivity index (χ4v) is 2.39. The first-order chi connectivity index (χ1) is 10.6. The summed E-state index contributed by atoms with van der Waals surface area (Å²) in [6.07, 6.45) is 0.759. The minimum atomic E-state index is 0.465. The molecule has 5 heteroatoms. The van der Waals surface area contributed by atoms with Crippen molar-refractivity contribution in [3.63, 3.8) is 0 Å². The van der Waals surface area contributed by atoms with Gasteiger partial charge in [0.05, 0.1) is 18.2 Å². The summed E-state index contributed by atoms with van der Waals surface area (Å²) in [6.45, 7) is 6.29. The first-order valence-corrected chi connectivity index (χ1v) is 7.35. The Morgan fingerprint density at radius 2 is 2.00 bits per heavy atom. The first-order valence-electron chi connectivity index (χ1n) is 7.35. The summed E-state index contributed by atoms with van der Waals surface area (Å²) >= 11 is 0. The molecule has 2 heterocycles. The van der Waals surface area contributed by atoms with E-state index in [1.54, 1.807) is 7.11 Å². The molecule has 5 nitrogen and oxygen atoms in total. The van der Waals surface area contributed by atoms with Crippen LogP contribution in [0, 0.1) is 12.8 Å². The van der Waals surface area contributed by atoms with Gasteiger partial charge in [-0.1, -0.05) is 30.6 Å². The number of pyridine rings is 1. The molecule has 22 heavy (non-hydrogen) atoms. The third-order valence-electron chi connectivity index (χ3n) is 3.42. The zero-order chi connectivity index (χ0) is 15.7. The molecule has 0 atom stereocenters. The second-order valence-electron chi connectivity index (χ2n) is 5.85. The number of aryl methyl sites for hydroxylation is 1. The number of aromatic nitrogens is 3. The number of methoxy groups -OCH3 is 1. The second kappa shape index (κ2) is 5.75. The van der Waals surface area contributed by atoms with Crippen molar-refractivity contribution in [1.82, 2.24) is 15.1 Å². The SMILES string of the molecule is COc1nc2ccc(C)cc2cc1-c1noc(CC(C)C)n1. The average molecular weight is 297 g/mol. The van der Waals surface area contributed by atoms with Crippen molar-refractivity contribution in [1.29, 1.82) is 0 Å². The largest absolute Gasteiger partial charge is 0.480 e. The van der Waals surface area contributed by atoms with Gasteiger partial charge in [0.1, 0.15) is 0 Å². The molecule has 0 aliphatic heterocycles. The van der Waals surface area contributed by atoms with Crippen molar-refractivity contribution in [2.75, 3.05) is 7.11 Å². The molecule has 0 fully saturated rings. The van der Waals surface area contributed by atoms with Crippen LogP contribution >= 0.6 is 0 Å². The first kappa shape index (κ1) is 14.5. The van der Waals surface area contributed by atoms with Crippen LogP contribution in [0.4, 0.5) is 0 Å². The minimum absolute atomic E-state index is 0.465. The Hall–Kier alpha value is -2.43. The number of rotatable bonds is 4. The number of benzene rings is 1. The van der Waals surface area contributed by atoms with Crippen molar-refractivity contribution in [3.05, 3.63) is 35.7 Å². The van der Waals surface area contributed by atoms with Gasteiger partial charge in [0, 0.05) is 11.8 Å². The Morgan fingerprint density at radius 1 is 1.18 bits per heavy atom. The summed E-state index contributed by atoms with van der Waals surface area (Å²) < 4.78 is 10.7. The van der Waals surface area contributed by atoms with Gasteiger partial charge in [-0.2, -0.15) is 4.98 Å². The summed E-state index contributed by atoms with van der Waals surface area (Å²) in [4.78, 5) is 9.00. The quantitative estimate of drug-likeness (QED) is 0.733. The molecule has 3 aromatic rings. The summed E-state index contributed by atoms with van der Waals surface area (Å²) in [7, 11) is 1.60. The molecule has 0 bridgehead atoms. The van der Waals surface area contributed by atoms with Gasteiger partial charge in [-0.05, 0) is 31.0 Å². The Kier molecular flexibility index (Phi) is 3.79. The van der Waals surface area contributed by atoms with Crippen LogP contribution in [0.2, 0.25) is 0 Å². The van der Waals surface area contributed by atoms with Crippen LogP contribution in [-0.4, -0.2) is 22.2 Å². The van der Waals surface area contributed by atoms with Gasteiger partial charge in [0.15, 0.2) is 0 Å². The molecular weight excluding hydrogens is 278 g/mol. The lowest BCUT2D eigenvalue weighted by atomic mass is 10.1. The fraction of sp³-hybridized carbons (Fsp3) is 0.353.